The standard InChI is InChI=1S/C16H18F3N3/c1-15(2,3)13(22-14-20-8-5-9-21-14)11-6-4-7-12(10-11)16(17,18)19/h4-10,13H,1-3H3,(H,20,21,22). The second kappa shape index (κ2) is 5.94. The molecule has 22 heavy (non-hydrogen) atoms. The lowest BCUT2D eigenvalue weighted by molar-refractivity contribution is -0.137. The molecule has 1 heterocycles. The Labute approximate surface area is 127 Å². The van der Waals surface area contributed by atoms with Gasteiger partial charge in [-0.25, -0.2) is 9.97 Å². The monoisotopic (exact) mass is 309 g/mol. The van der Waals surface area contributed by atoms with E-state index >= 15 is 0 Å². The Morgan fingerprint density at radius 1 is 1.00 bits per heavy atom. The van der Waals surface area contributed by atoms with Crippen molar-refractivity contribution in [1.29, 1.82) is 0 Å². The number of benzene rings is 1. The highest BCUT2D eigenvalue weighted by Crippen LogP contribution is 2.37. The van der Waals surface area contributed by atoms with Gasteiger partial charge in [-0.1, -0.05) is 32.9 Å². The maximum atomic E-state index is 12.9. The summed E-state index contributed by atoms with van der Waals surface area (Å²) < 4.78 is 38.7. The Bertz CT molecular complexity index is 619. The molecule has 1 atom stereocenters. The number of rotatable bonds is 3. The van der Waals surface area contributed by atoms with Gasteiger partial charge >= 0.3 is 6.18 Å². The molecule has 0 aliphatic heterocycles. The molecule has 0 fully saturated rings. The van der Waals surface area contributed by atoms with Crippen LogP contribution in [0.1, 0.15) is 37.9 Å². The molecular formula is C16H18F3N3. The highest BCUT2D eigenvalue weighted by Gasteiger charge is 2.33. The zero-order chi connectivity index (χ0) is 16.4. The third-order valence-electron chi connectivity index (χ3n) is 3.25. The molecule has 2 rings (SSSR count). The van der Waals surface area contributed by atoms with Crippen molar-refractivity contribution in [2.24, 2.45) is 5.41 Å². The van der Waals surface area contributed by atoms with E-state index in [1.165, 1.54) is 12.1 Å². The molecule has 1 aromatic carbocycles. The van der Waals surface area contributed by atoms with Gasteiger partial charge in [0.15, 0.2) is 0 Å². The summed E-state index contributed by atoms with van der Waals surface area (Å²) >= 11 is 0. The summed E-state index contributed by atoms with van der Waals surface area (Å²) in [5.74, 6) is 0.389. The van der Waals surface area contributed by atoms with Gasteiger partial charge in [0, 0.05) is 12.4 Å². The quantitative estimate of drug-likeness (QED) is 0.893. The van der Waals surface area contributed by atoms with Gasteiger partial charge in [0.25, 0.3) is 0 Å². The Balaban J connectivity index is 2.38. The number of nitrogens with zero attached hydrogens (tertiary/aromatic N) is 2. The lowest BCUT2D eigenvalue weighted by Gasteiger charge is -2.32. The number of hydrogen-bond acceptors (Lipinski definition) is 3. The molecule has 3 nitrogen and oxygen atoms in total. The van der Waals surface area contributed by atoms with Crippen LogP contribution in [0.2, 0.25) is 0 Å². The van der Waals surface area contributed by atoms with Crippen molar-refractivity contribution in [2.45, 2.75) is 33.0 Å². The van der Waals surface area contributed by atoms with Gasteiger partial charge < -0.3 is 5.32 Å². The van der Waals surface area contributed by atoms with E-state index in [2.05, 4.69) is 15.3 Å². The Kier molecular flexibility index (Phi) is 4.39. The second-order valence-corrected chi connectivity index (χ2v) is 6.14. The van der Waals surface area contributed by atoms with Crippen LogP contribution in [0.25, 0.3) is 0 Å². The first kappa shape index (κ1) is 16.3. The Morgan fingerprint density at radius 2 is 1.64 bits per heavy atom. The second-order valence-electron chi connectivity index (χ2n) is 6.14. The molecule has 6 heteroatoms. The fraction of sp³-hybridized carbons (Fsp3) is 0.375. The van der Waals surface area contributed by atoms with Crippen LogP contribution in [-0.4, -0.2) is 9.97 Å². The first-order valence-corrected chi connectivity index (χ1v) is 6.88. The van der Waals surface area contributed by atoms with Crippen LogP contribution in [-0.2, 0) is 6.18 Å². The highest BCUT2D eigenvalue weighted by molar-refractivity contribution is 5.36. The molecule has 0 bridgehead atoms. The van der Waals surface area contributed by atoms with Crippen LogP contribution < -0.4 is 5.32 Å². The molecule has 0 saturated heterocycles. The van der Waals surface area contributed by atoms with Crippen LogP contribution in [0.4, 0.5) is 19.1 Å². The van der Waals surface area contributed by atoms with E-state index in [1.54, 1.807) is 24.5 Å². The van der Waals surface area contributed by atoms with Gasteiger partial charge in [0.1, 0.15) is 0 Å². The van der Waals surface area contributed by atoms with E-state index in [1.807, 2.05) is 20.8 Å². The largest absolute Gasteiger partial charge is 0.416 e. The maximum Gasteiger partial charge on any atom is 0.416 e. The van der Waals surface area contributed by atoms with E-state index in [-0.39, 0.29) is 11.5 Å². The average Bonchev–Trinajstić information content (AvgIpc) is 2.44. The normalized spacial score (nSPS) is 13.7. The molecular weight excluding hydrogens is 291 g/mol. The van der Waals surface area contributed by atoms with Gasteiger partial charge in [-0.2, -0.15) is 13.2 Å². The van der Waals surface area contributed by atoms with E-state index in [0.717, 1.165) is 6.07 Å². The van der Waals surface area contributed by atoms with Crippen molar-refractivity contribution in [3.8, 4) is 0 Å². The molecule has 1 aromatic heterocycles. The average molecular weight is 309 g/mol. The Hall–Kier alpha value is -2.11. The van der Waals surface area contributed by atoms with Crippen molar-refractivity contribution in [3.05, 3.63) is 53.9 Å². The smallest absolute Gasteiger partial charge is 0.347 e. The van der Waals surface area contributed by atoms with Crippen LogP contribution in [0.5, 0.6) is 0 Å². The highest BCUT2D eigenvalue weighted by atomic mass is 19.4. The van der Waals surface area contributed by atoms with Crippen LogP contribution in [0.15, 0.2) is 42.7 Å². The summed E-state index contributed by atoms with van der Waals surface area (Å²) in [5, 5.41) is 3.12. The molecule has 0 spiro atoms. The zero-order valence-electron chi connectivity index (χ0n) is 12.6. The fourth-order valence-electron chi connectivity index (χ4n) is 2.20. The van der Waals surface area contributed by atoms with E-state index in [4.69, 9.17) is 0 Å². The van der Waals surface area contributed by atoms with Crippen LogP contribution in [0, 0.1) is 5.41 Å². The fourth-order valence-corrected chi connectivity index (χ4v) is 2.20. The first-order chi connectivity index (χ1) is 10.2. The summed E-state index contributed by atoms with van der Waals surface area (Å²) in [6.07, 6.45) is -1.19. The molecule has 0 saturated carbocycles. The van der Waals surface area contributed by atoms with Crippen molar-refractivity contribution in [3.63, 3.8) is 0 Å². The maximum absolute atomic E-state index is 12.9. The number of anilines is 1. The number of hydrogen-bond donors (Lipinski definition) is 1. The molecule has 1 unspecified atom stereocenters. The van der Waals surface area contributed by atoms with Crippen molar-refractivity contribution in [2.75, 3.05) is 5.32 Å². The molecule has 0 aliphatic carbocycles. The third kappa shape index (κ3) is 3.96. The van der Waals surface area contributed by atoms with Crippen molar-refractivity contribution < 1.29 is 13.2 Å². The molecule has 0 amide bonds. The van der Waals surface area contributed by atoms with E-state index < -0.39 is 11.7 Å². The molecule has 118 valence electrons. The van der Waals surface area contributed by atoms with Gasteiger partial charge in [-0.3, -0.25) is 0 Å². The first-order valence-electron chi connectivity index (χ1n) is 6.88. The SMILES string of the molecule is CC(C)(C)C(Nc1ncccn1)c1cccc(C(F)(F)F)c1. The molecule has 0 radical (unpaired) electrons. The van der Waals surface area contributed by atoms with Gasteiger partial charge in [0.2, 0.25) is 5.95 Å². The van der Waals surface area contributed by atoms with Crippen LogP contribution in [0.3, 0.4) is 0 Å². The number of alkyl halides is 3. The summed E-state index contributed by atoms with van der Waals surface area (Å²) in [7, 11) is 0. The topological polar surface area (TPSA) is 37.8 Å². The molecule has 1 N–H and O–H groups in total. The molecule has 0 aliphatic rings. The third-order valence-corrected chi connectivity index (χ3v) is 3.25. The van der Waals surface area contributed by atoms with Crippen LogP contribution >= 0.6 is 0 Å². The summed E-state index contributed by atoms with van der Waals surface area (Å²) in [5.41, 5.74) is -0.423. The zero-order valence-corrected chi connectivity index (χ0v) is 12.6. The van der Waals surface area contributed by atoms with Gasteiger partial charge in [-0.15, -0.1) is 0 Å². The lowest BCUT2D eigenvalue weighted by Crippen LogP contribution is -2.27. The van der Waals surface area contributed by atoms with Gasteiger partial charge in [0.05, 0.1) is 11.6 Å². The minimum absolute atomic E-state index is 0.316. The number of halogens is 3. The van der Waals surface area contributed by atoms with Gasteiger partial charge in [-0.05, 0) is 29.2 Å². The van der Waals surface area contributed by atoms with E-state index in [0.29, 0.717) is 11.5 Å². The number of nitrogens with one attached hydrogen (secondary N) is 1. The van der Waals surface area contributed by atoms with Crippen molar-refractivity contribution >= 4 is 5.95 Å². The van der Waals surface area contributed by atoms with E-state index in [9.17, 15) is 13.2 Å². The predicted molar refractivity (Wildman–Crippen MR) is 79.3 cm³/mol. The lowest BCUT2D eigenvalue weighted by atomic mass is 9.82. The Morgan fingerprint density at radius 3 is 2.18 bits per heavy atom. The number of aromatic nitrogens is 2. The van der Waals surface area contributed by atoms with Crippen molar-refractivity contribution in [1.82, 2.24) is 9.97 Å². The summed E-state index contributed by atoms with van der Waals surface area (Å²) in [4.78, 5) is 8.17. The molecule has 2 aromatic rings. The summed E-state index contributed by atoms with van der Waals surface area (Å²) in [6.45, 7) is 5.86. The summed E-state index contributed by atoms with van der Waals surface area (Å²) in [6, 6.07) is 6.68. The minimum atomic E-state index is -4.36. The minimum Gasteiger partial charge on any atom is -0.347 e. The predicted octanol–water partition coefficient (Wildman–Crippen LogP) is 4.69.